The summed E-state index contributed by atoms with van der Waals surface area (Å²) in [5.41, 5.74) is 1.89. The Kier molecular flexibility index (Phi) is 5.03. The van der Waals surface area contributed by atoms with Gasteiger partial charge in [0.15, 0.2) is 0 Å². The number of aryl methyl sites for hydroxylation is 1. The topological polar surface area (TPSA) is 59.2 Å². The minimum absolute atomic E-state index is 0.152. The lowest BCUT2D eigenvalue weighted by Crippen LogP contribution is -2.40. The summed E-state index contributed by atoms with van der Waals surface area (Å²) in [5, 5.41) is 3.79. The number of hydrogen-bond acceptors (Lipinski definition) is 5. The summed E-state index contributed by atoms with van der Waals surface area (Å²) < 4.78 is 1.55. The fraction of sp³-hybridized carbons (Fsp3) is 0.471. The van der Waals surface area contributed by atoms with Gasteiger partial charge in [0.05, 0.1) is 6.21 Å². The van der Waals surface area contributed by atoms with Gasteiger partial charge in [0.25, 0.3) is 5.56 Å². The van der Waals surface area contributed by atoms with Crippen LogP contribution in [0.3, 0.4) is 0 Å². The molecule has 0 fully saturated rings. The molecule has 2 aromatic rings. The third-order valence-corrected chi connectivity index (χ3v) is 3.63. The van der Waals surface area contributed by atoms with Crippen molar-refractivity contribution < 1.29 is 4.84 Å². The Balaban J connectivity index is 2.83. The molecule has 0 saturated carbocycles. The number of nitrogens with zero attached hydrogens (tertiary/aromatic N) is 4. The van der Waals surface area contributed by atoms with Crippen molar-refractivity contribution in [1.29, 1.82) is 0 Å². The maximum Gasteiger partial charge on any atom is 0.269 e. The first kappa shape index (κ1) is 17.0. The molecule has 0 spiro atoms. The van der Waals surface area contributed by atoms with Crippen molar-refractivity contribution in [2.45, 2.75) is 46.7 Å². The van der Waals surface area contributed by atoms with E-state index in [9.17, 15) is 4.79 Å². The van der Waals surface area contributed by atoms with E-state index in [4.69, 9.17) is 9.82 Å². The molecule has 2 rings (SSSR count). The highest BCUT2D eigenvalue weighted by Crippen LogP contribution is 2.20. The molecule has 124 valence electrons. The van der Waals surface area contributed by atoms with Gasteiger partial charge in [-0.2, -0.15) is 0 Å². The summed E-state index contributed by atoms with van der Waals surface area (Å²) in [5.74, 6) is 0.629. The number of pyridine rings is 1. The summed E-state index contributed by atoms with van der Waals surface area (Å²) >= 11 is 0. The van der Waals surface area contributed by atoms with Crippen LogP contribution >= 0.6 is 0 Å². The zero-order chi connectivity index (χ0) is 17.1. The van der Waals surface area contributed by atoms with Crippen molar-refractivity contribution in [3.05, 3.63) is 39.8 Å². The van der Waals surface area contributed by atoms with Crippen LogP contribution in [0.25, 0.3) is 5.65 Å². The fourth-order valence-corrected chi connectivity index (χ4v) is 2.75. The van der Waals surface area contributed by atoms with Gasteiger partial charge in [-0.1, -0.05) is 11.2 Å². The zero-order valence-corrected chi connectivity index (χ0v) is 14.6. The summed E-state index contributed by atoms with van der Waals surface area (Å²) in [6.45, 7) is 10.3. The van der Waals surface area contributed by atoms with Gasteiger partial charge < -0.3 is 9.74 Å². The molecule has 0 aromatic carbocycles. The standard InChI is InChI=1S/C17H24N4O2/c1-11(2)21(12(3)4)16-14(9-18-23-6)17(22)20-10-13(5)7-8-15(20)19-16/h7-12H,1-6H3/b18-9-. The lowest BCUT2D eigenvalue weighted by Gasteiger charge is -2.32. The van der Waals surface area contributed by atoms with E-state index in [1.165, 1.54) is 13.3 Å². The average Bonchev–Trinajstić information content (AvgIpc) is 2.47. The number of aromatic nitrogens is 2. The molecule has 0 amide bonds. The van der Waals surface area contributed by atoms with Gasteiger partial charge in [-0.05, 0) is 46.2 Å². The van der Waals surface area contributed by atoms with E-state index in [1.807, 2.05) is 19.1 Å². The van der Waals surface area contributed by atoms with E-state index in [0.717, 1.165) is 5.56 Å². The molecule has 0 N–H and O–H groups in total. The average molecular weight is 316 g/mol. The highest BCUT2D eigenvalue weighted by molar-refractivity contribution is 5.86. The number of hydrogen-bond donors (Lipinski definition) is 0. The summed E-state index contributed by atoms with van der Waals surface area (Å²) in [7, 11) is 1.45. The van der Waals surface area contributed by atoms with E-state index in [1.54, 1.807) is 10.6 Å². The van der Waals surface area contributed by atoms with Crippen LogP contribution in [-0.2, 0) is 4.84 Å². The largest absolute Gasteiger partial charge is 0.399 e. The van der Waals surface area contributed by atoms with Crippen LogP contribution in [0.15, 0.2) is 28.3 Å². The molecular formula is C17H24N4O2. The third-order valence-electron chi connectivity index (χ3n) is 3.63. The Morgan fingerprint density at radius 3 is 2.48 bits per heavy atom. The van der Waals surface area contributed by atoms with Crippen molar-refractivity contribution in [3.8, 4) is 0 Å². The molecule has 0 aliphatic heterocycles. The first-order valence-electron chi connectivity index (χ1n) is 7.74. The second-order valence-corrected chi connectivity index (χ2v) is 6.10. The maximum absolute atomic E-state index is 12.9. The smallest absolute Gasteiger partial charge is 0.269 e. The van der Waals surface area contributed by atoms with Gasteiger partial charge in [0.1, 0.15) is 24.1 Å². The normalized spacial score (nSPS) is 11.8. The molecule has 0 unspecified atom stereocenters. The molecule has 0 aliphatic rings. The molecule has 0 bridgehead atoms. The Bertz CT molecular complexity index is 770. The monoisotopic (exact) mass is 316 g/mol. The number of rotatable bonds is 5. The molecular weight excluding hydrogens is 292 g/mol. The first-order valence-corrected chi connectivity index (χ1v) is 7.74. The summed E-state index contributed by atoms with van der Waals surface area (Å²) in [6, 6.07) is 4.20. The molecule has 2 heterocycles. The lowest BCUT2D eigenvalue weighted by molar-refractivity contribution is 0.215. The van der Waals surface area contributed by atoms with Crippen molar-refractivity contribution >= 4 is 17.7 Å². The minimum atomic E-state index is -0.152. The zero-order valence-electron chi connectivity index (χ0n) is 14.6. The van der Waals surface area contributed by atoms with E-state index in [-0.39, 0.29) is 17.6 Å². The minimum Gasteiger partial charge on any atom is -0.399 e. The van der Waals surface area contributed by atoms with Crippen LogP contribution < -0.4 is 10.5 Å². The van der Waals surface area contributed by atoms with Crippen molar-refractivity contribution in [1.82, 2.24) is 9.38 Å². The van der Waals surface area contributed by atoms with Crippen molar-refractivity contribution in [2.75, 3.05) is 12.0 Å². The molecule has 2 aromatic heterocycles. The quantitative estimate of drug-likeness (QED) is 0.628. The second-order valence-electron chi connectivity index (χ2n) is 6.10. The van der Waals surface area contributed by atoms with E-state index < -0.39 is 0 Å². The van der Waals surface area contributed by atoms with Crippen LogP contribution in [-0.4, -0.2) is 34.8 Å². The fourth-order valence-electron chi connectivity index (χ4n) is 2.75. The predicted octanol–water partition coefficient (Wildman–Crippen LogP) is 2.61. The molecule has 6 nitrogen and oxygen atoms in total. The highest BCUT2D eigenvalue weighted by atomic mass is 16.6. The Morgan fingerprint density at radius 1 is 1.26 bits per heavy atom. The summed E-state index contributed by atoms with van der Waals surface area (Å²) in [4.78, 5) is 24.5. The number of fused-ring (bicyclic) bond motifs is 1. The summed E-state index contributed by atoms with van der Waals surface area (Å²) in [6.07, 6.45) is 3.23. The number of anilines is 1. The maximum atomic E-state index is 12.9. The van der Waals surface area contributed by atoms with Crippen LogP contribution in [0.4, 0.5) is 5.82 Å². The van der Waals surface area contributed by atoms with Crippen LogP contribution in [0.1, 0.15) is 38.8 Å². The van der Waals surface area contributed by atoms with Gasteiger partial charge in [-0.25, -0.2) is 4.98 Å². The highest BCUT2D eigenvalue weighted by Gasteiger charge is 2.22. The third kappa shape index (κ3) is 3.36. The van der Waals surface area contributed by atoms with Gasteiger partial charge in [0, 0.05) is 18.3 Å². The molecule has 0 atom stereocenters. The van der Waals surface area contributed by atoms with Gasteiger partial charge >= 0.3 is 0 Å². The van der Waals surface area contributed by atoms with Crippen molar-refractivity contribution in [3.63, 3.8) is 0 Å². The predicted molar refractivity (Wildman–Crippen MR) is 93.6 cm³/mol. The molecule has 6 heteroatoms. The SMILES string of the molecule is CO/N=C\c1c(N(C(C)C)C(C)C)nc2ccc(C)cn2c1=O. The van der Waals surface area contributed by atoms with E-state index >= 15 is 0 Å². The van der Waals surface area contributed by atoms with E-state index in [0.29, 0.717) is 17.0 Å². The molecule has 0 radical (unpaired) electrons. The van der Waals surface area contributed by atoms with E-state index in [2.05, 4.69) is 37.8 Å². The Morgan fingerprint density at radius 2 is 1.91 bits per heavy atom. The molecule has 0 aliphatic carbocycles. The van der Waals surface area contributed by atoms with Crippen LogP contribution in [0.2, 0.25) is 0 Å². The van der Waals surface area contributed by atoms with Gasteiger partial charge in [-0.3, -0.25) is 9.20 Å². The van der Waals surface area contributed by atoms with Crippen molar-refractivity contribution in [2.24, 2.45) is 5.16 Å². The molecule has 23 heavy (non-hydrogen) atoms. The van der Waals surface area contributed by atoms with Crippen LogP contribution in [0.5, 0.6) is 0 Å². The van der Waals surface area contributed by atoms with Gasteiger partial charge in [0.2, 0.25) is 0 Å². The molecule has 0 saturated heterocycles. The second kappa shape index (κ2) is 6.81. The Labute approximate surface area is 136 Å². The first-order chi connectivity index (χ1) is 10.9. The lowest BCUT2D eigenvalue weighted by atomic mass is 10.2. The van der Waals surface area contributed by atoms with Crippen LogP contribution in [0, 0.1) is 6.92 Å². The Hall–Kier alpha value is -2.37. The number of oxime groups is 1. The van der Waals surface area contributed by atoms with Gasteiger partial charge in [-0.15, -0.1) is 0 Å².